The molecule has 1 aliphatic rings. The van der Waals surface area contributed by atoms with Crippen LogP contribution in [0.1, 0.15) is 22.8 Å². The average molecular weight is 322 g/mol. The van der Waals surface area contributed by atoms with Crippen molar-refractivity contribution in [1.29, 1.82) is 0 Å². The van der Waals surface area contributed by atoms with Crippen molar-refractivity contribution in [1.82, 2.24) is 24.4 Å². The molecule has 4 rings (SSSR count). The second-order valence-electron chi connectivity index (χ2n) is 5.91. The first-order valence-electron chi connectivity index (χ1n) is 7.95. The largest absolute Gasteiger partial charge is 0.373 e. The van der Waals surface area contributed by atoms with Gasteiger partial charge in [0.05, 0.1) is 17.9 Å². The molecule has 1 saturated heterocycles. The van der Waals surface area contributed by atoms with Crippen molar-refractivity contribution in [2.75, 3.05) is 25.5 Å². The lowest BCUT2D eigenvalue weighted by molar-refractivity contribution is 0.0788. The van der Waals surface area contributed by atoms with Crippen molar-refractivity contribution in [2.45, 2.75) is 12.5 Å². The van der Waals surface area contributed by atoms with Gasteiger partial charge in [0.15, 0.2) is 0 Å². The smallest absolute Gasteiger partial charge is 0.254 e. The molecule has 0 aliphatic carbocycles. The SMILES string of the molecule is CNc1ncnc2cc(C(=O)N3CCC(n4ccnc4)C3)ccc12. The Balaban J connectivity index is 1.58. The number of likely N-dealkylation sites (tertiary alicyclic amines) is 1. The molecule has 24 heavy (non-hydrogen) atoms. The fraction of sp³-hybridized carbons (Fsp3) is 0.294. The number of anilines is 1. The first-order valence-corrected chi connectivity index (χ1v) is 7.95. The van der Waals surface area contributed by atoms with Crippen molar-refractivity contribution >= 4 is 22.6 Å². The van der Waals surface area contributed by atoms with Gasteiger partial charge in [0.2, 0.25) is 0 Å². The van der Waals surface area contributed by atoms with Crippen LogP contribution >= 0.6 is 0 Å². The number of nitrogens with one attached hydrogen (secondary N) is 1. The van der Waals surface area contributed by atoms with Crippen molar-refractivity contribution in [3.8, 4) is 0 Å². The number of benzene rings is 1. The molecule has 1 atom stereocenters. The number of imidazole rings is 1. The highest BCUT2D eigenvalue weighted by atomic mass is 16.2. The molecule has 2 aromatic heterocycles. The van der Waals surface area contributed by atoms with E-state index in [1.165, 1.54) is 6.33 Å². The second kappa shape index (κ2) is 5.92. The number of fused-ring (bicyclic) bond motifs is 1. The molecule has 0 spiro atoms. The number of amides is 1. The standard InChI is InChI=1S/C17H18N6O/c1-18-16-14-3-2-12(8-15(14)20-10-21-16)17(24)22-6-4-13(9-22)23-7-5-19-11-23/h2-3,5,7-8,10-11,13H,4,6,9H2,1H3,(H,18,20,21). The lowest BCUT2D eigenvalue weighted by atomic mass is 10.1. The number of hydrogen-bond donors (Lipinski definition) is 1. The Kier molecular flexibility index (Phi) is 3.60. The van der Waals surface area contributed by atoms with E-state index in [9.17, 15) is 4.79 Å². The maximum atomic E-state index is 12.8. The molecule has 3 aromatic rings. The summed E-state index contributed by atoms with van der Waals surface area (Å²) in [6.07, 6.45) is 7.98. The molecule has 1 aliphatic heterocycles. The Labute approximate surface area is 139 Å². The molecule has 3 heterocycles. The maximum absolute atomic E-state index is 12.8. The topological polar surface area (TPSA) is 75.9 Å². The van der Waals surface area contributed by atoms with E-state index >= 15 is 0 Å². The number of hydrogen-bond acceptors (Lipinski definition) is 5. The summed E-state index contributed by atoms with van der Waals surface area (Å²) in [6, 6.07) is 5.89. The summed E-state index contributed by atoms with van der Waals surface area (Å²) in [5, 5.41) is 3.95. The van der Waals surface area contributed by atoms with Crippen LogP contribution in [0.25, 0.3) is 10.9 Å². The van der Waals surface area contributed by atoms with Crippen LogP contribution in [0.15, 0.2) is 43.2 Å². The minimum absolute atomic E-state index is 0.0455. The quantitative estimate of drug-likeness (QED) is 0.798. The Hall–Kier alpha value is -2.96. The van der Waals surface area contributed by atoms with Gasteiger partial charge in [0, 0.05) is 43.5 Å². The number of carbonyl (C=O) groups is 1. The van der Waals surface area contributed by atoms with Crippen LogP contribution in [0.4, 0.5) is 5.82 Å². The van der Waals surface area contributed by atoms with Gasteiger partial charge in [-0.25, -0.2) is 15.0 Å². The monoisotopic (exact) mass is 322 g/mol. The third-order valence-electron chi connectivity index (χ3n) is 4.52. The molecule has 0 bridgehead atoms. The summed E-state index contributed by atoms with van der Waals surface area (Å²) in [7, 11) is 1.82. The fourth-order valence-electron chi connectivity index (χ4n) is 3.23. The van der Waals surface area contributed by atoms with E-state index in [0.717, 1.165) is 29.7 Å². The Bertz CT molecular complexity index is 876. The van der Waals surface area contributed by atoms with Gasteiger partial charge in [-0.15, -0.1) is 0 Å². The summed E-state index contributed by atoms with van der Waals surface area (Å²) >= 11 is 0. The van der Waals surface area contributed by atoms with Crippen LogP contribution in [0.3, 0.4) is 0 Å². The molecule has 7 nitrogen and oxygen atoms in total. The number of rotatable bonds is 3. The van der Waals surface area contributed by atoms with Crippen LogP contribution in [0.5, 0.6) is 0 Å². The zero-order chi connectivity index (χ0) is 16.5. The number of aromatic nitrogens is 4. The molecule has 122 valence electrons. The van der Waals surface area contributed by atoms with Crippen LogP contribution in [-0.2, 0) is 0 Å². The Morgan fingerprint density at radius 1 is 1.33 bits per heavy atom. The molecular formula is C17H18N6O. The van der Waals surface area contributed by atoms with Crippen LogP contribution in [0.2, 0.25) is 0 Å². The summed E-state index contributed by atoms with van der Waals surface area (Å²) in [5.41, 5.74) is 1.43. The molecule has 1 aromatic carbocycles. The second-order valence-corrected chi connectivity index (χ2v) is 5.91. The molecule has 1 N–H and O–H groups in total. The highest BCUT2D eigenvalue weighted by Gasteiger charge is 2.27. The van der Waals surface area contributed by atoms with Gasteiger partial charge in [0.1, 0.15) is 12.1 Å². The number of carbonyl (C=O) groups excluding carboxylic acids is 1. The highest BCUT2D eigenvalue weighted by Crippen LogP contribution is 2.25. The van der Waals surface area contributed by atoms with E-state index < -0.39 is 0 Å². The Morgan fingerprint density at radius 2 is 2.25 bits per heavy atom. The van der Waals surface area contributed by atoms with Gasteiger partial charge in [0.25, 0.3) is 5.91 Å². The first-order chi connectivity index (χ1) is 11.8. The van der Waals surface area contributed by atoms with Gasteiger partial charge >= 0.3 is 0 Å². The van der Waals surface area contributed by atoms with E-state index in [1.54, 1.807) is 6.20 Å². The van der Waals surface area contributed by atoms with Gasteiger partial charge in [-0.05, 0) is 24.6 Å². The van der Waals surface area contributed by atoms with Crippen molar-refractivity contribution in [3.05, 3.63) is 48.8 Å². The lowest BCUT2D eigenvalue weighted by Gasteiger charge is -2.17. The van der Waals surface area contributed by atoms with Gasteiger partial charge in [-0.1, -0.05) is 0 Å². The van der Waals surface area contributed by atoms with Crippen LogP contribution in [0, 0.1) is 0 Å². The van der Waals surface area contributed by atoms with Crippen LogP contribution < -0.4 is 5.32 Å². The predicted molar refractivity (Wildman–Crippen MR) is 90.9 cm³/mol. The highest BCUT2D eigenvalue weighted by molar-refractivity contribution is 5.99. The molecule has 0 saturated carbocycles. The zero-order valence-electron chi connectivity index (χ0n) is 13.4. The van der Waals surface area contributed by atoms with Gasteiger partial charge < -0.3 is 14.8 Å². The summed E-state index contributed by atoms with van der Waals surface area (Å²) < 4.78 is 2.07. The Morgan fingerprint density at radius 3 is 3.04 bits per heavy atom. The van der Waals surface area contributed by atoms with Crippen LogP contribution in [-0.4, -0.2) is 50.5 Å². The third-order valence-corrected chi connectivity index (χ3v) is 4.52. The van der Waals surface area contributed by atoms with Gasteiger partial charge in [-0.3, -0.25) is 4.79 Å². The van der Waals surface area contributed by atoms with Gasteiger partial charge in [-0.2, -0.15) is 0 Å². The normalized spacial score (nSPS) is 17.4. The first kappa shape index (κ1) is 14.6. The fourth-order valence-corrected chi connectivity index (χ4v) is 3.23. The van der Waals surface area contributed by atoms with E-state index in [1.807, 2.05) is 42.7 Å². The van der Waals surface area contributed by atoms with Crippen molar-refractivity contribution in [2.24, 2.45) is 0 Å². The third kappa shape index (κ3) is 2.47. The van der Waals surface area contributed by atoms with E-state index in [2.05, 4.69) is 24.8 Å². The number of nitrogens with zero attached hydrogens (tertiary/aromatic N) is 5. The lowest BCUT2D eigenvalue weighted by Crippen LogP contribution is -2.29. The average Bonchev–Trinajstić information content (AvgIpc) is 3.31. The molecule has 1 fully saturated rings. The predicted octanol–water partition coefficient (Wildman–Crippen LogP) is 1.96. The van der Waals surface area contributed by atoms with Crippen molar-refractivity contribution in [3.63, 3.8) is 0 Å². The van der Waals surface area contributed by atoms with Crippen molar-refractivity contribution < 1.29 is 4.79 Å². The molecule has 0 radical (unpaired) electrons. The molecule has 1 unspecified atom stereocenters. The minimum atomic E-state index is 0.0455. The maximum Gasteiger partial charge on any atom is 0.254 e. The molecule has 1 amide bonds. The summed E-state index contributed by atoms with van der Waals surface area (Å²) in [4.78, 5) is 27.3. The van der Waals surface area contributed by atoms with E-state index in [-0.39, 0.29) is 5.91 Å². The van der Waals surface area contributed by atoms with E-state index in [0.29, 0.717) is 18.2 Å². The molecule has 7 heteroatoms. The summed E-state index contributed by atoms with van der Waals surface area (Å²) in [5.74, 6) is 0.810. The zero-order valence-corrected chi connectivity index (χ0v) is 13.4. The van der Waals surface area contributed by atoms with E-state index in [4.69, 9.17) is 0 Å². The summed E-state index contributed by atoms with van der Waals surface area (Å²) in [6.45, 7) is 1.46. The minimum Gasteiger partial charge on any atom is -0.373 e. The molecular weight excluding hydrogens is 304 g/mol.